The average molecular weight is 250 g/mol. The van der Waals surface area contributed by atoms with Crippen LogP contribution >= 0.6 is 0 Å². The fourth-order valence-electron chi connectivity index (χ4n) is 2.28. The molecule has 0 amide bonds. The van der Waals surface area contributed by atoms with E-state index in [1.54, 1.807) is 19.2 Å². The lowest BCUT2D eigenvalue weighted by Gasteiger charge is -2.31. The van der Waals surface area contributed by atoms with Gasteiger partial charge in [0.1, 0.15) is 0 Å². The second-order valence-corrected chi connectivity index (χ2v) is 4.63. The Bertz CT molecular complexity index is 397. The van der Waals surface area contributed by atoms with Crippen molar-refractivity contribution in [1.82, 2.24) is 4.90 Å². The highest BCUT2D eigenvalue weighted by molar-refractivity contribution is 5.32. The van der Waals surface area contributed by atoms with Crippen LogP contribution in [0.25, 0.3) is 0 Å². The summed E-state index contributed by atoms with van der Waals surface area (Å²) in [4.78, 5) is 12.5. The van der Waals surface area contributed by atoms with Crippen molar-refractivity contribution in [3.63, 3.8) is 0 Å². The molecule has 98 valence electrons. The number of likely N-dealkylation sites (tertiary alicyclic amines) is 1. The van der Waals surface area contributed by atoms with Gasteiger partial charge in [-0.2, -0.15) is 0 Å². The average Bonchev–Trinajstić information content (AvgIpc) is 2.40. The van der Waals surface area contributed by atoms with Crippen molar-refractivity contribution in [2.75, 3.05) is 20.2 Å². The van der Waals surface area contributed by atoms with Crippen molar-refractivity contribution in [3.05, 3.63) is 39.9 Å². The molecule has 5 nitrogen and oxygen atoms in total. The SMILES string of the molecule is COC1CCN(Cc2ccc([N+](=O)[O-])cc2)CC1. The highest BCUT2D eigenvalue weighted by atomic mass is 16.6. The number of methoxy groups -OCH3 is 1. The Hall–Kier alpha value is -1.46. The molecular weight excluding hydrogens is 232 g/mol. The monoisotopic (exact) mass is 250 g/mol. The minimum atomic E-state index is -0.367. The van der Waals surface area contributed by atoms with Gasteiger partial charge in [-0.05, 0) is 18.4 Å². The third-order valence-electron chi connectivity index (χ3n) is 3.42. The van der Waals surface area contributed by atoms with Crippen LogP contribution in [0.2, 0.25) is 0 Å². The molecule has 1 saturated heterocycles. The topological polar surface area (TPSA) is 55.6 Å². The van der Waals surface area contributed by atoms with E-state index in [0.717, 1.165) is 38.0 Å². The van der Waals surface area contributed by atoms with Crippen LogP contribution in [0, 0.1) is 10.1 Å². The van der Waals surface area contributed by atoms with Crippen LogP contribution in [0.1, 0.15) is 18.4 Å². The molecule has 1 aromatic rings. The summed E-state index contributed by atoms with van der Waals surface area (Å²) in [6, 6.07) is 6.80. The molecule has 1 fully saturated rings. The van der Waals surface area contributed by atoms with Crippen LogP contribution in [0.15, 0.2) is 24.3 Å². The van der Waals surface area contributed by atoms with E-state index in [-0.39, 0.29) is 10.6 Å². The van der Waals surface area contributed by atoms with Gasteiger partial charge in [-0.25, -0.2) is 0 Å². The molecular formula is C13H18N2O3. The first kappa shape index (κ1) is 13.0. The molecule has 5 heteroatoms. The first-order chi connectivity index (χ1) is 8.69. The van der Waals surface area contributed by atoms with Gasteiger partial charge in [0.05, 0.1) is 11.0 Å². The van der Waals surface area contributed by atoms with E-state index in [2.05, 4.69) is 4.90 Å². The van der Waals surface area contributed by atoms with E-state index < -0.39 is 0 Å². The van der Waals surface area contributed by atoms with Crippen molar-refractivity contribution in [2.45, 2.75) is 25.5 Å². The number of nitro benzene ring substituents is 1. The predicted octanol–water partition coefficient (Wildman–Crippen LogP) is 2.21. The highest BCUT2D eigenvalue weighted by Crippen LogP contribution is 2.17. The summed E-state index contributed by atoms with van der Waals surface area (Å²) in [7, 11) is 1.76. The van der Waals surface area contributed by atoms with Gasteiger partial charge in [-0.15, -0.1) is 0 Å². The van der Waals surface area contributed by atoms with Crippen LogP contribution in [0.4, 0.5) is 5.69 Å². The molecule has 0 atom stereocenters. The molecule has 0 bridgehead atoms. The summed E-state index contributed by atoms with van der Waals surface area (Å²) >= 11 is 0. The van der Waals surface area contributed by atoms with Crippen LogP contribution in [-0.2, 0) is 11.3 Å². The molecule has 1 aliphatic rings. The number of ether oxygens (including phenoxy) is 1. The Morgan fingerprint density at radius 1 is 1.33 bits per heavy atom. The molecule has 1 heterocycles. The zero-order valence-corrected chi connectivity index (χ0v) is 10.5. The molecule has 0 aliphatic carbocycles. The minimum absolute atomic E-state index is 0.150. The molecule has 0 spiro atoms. The summed E-state index contributed by atoms with van der Waals surface area (Å²) < 4.78 is 5.33. The van der Waals surface area contributed by atoms with Crippen LogP contribution < -0.4 is 0 Å². The van der Waals surface area contributed by atoms with Gasteiger partial charge in [0.2, 0.25) is 0 Å². The number of rotatable bonds is 4. The molecule has 0 radical (unpaired) electrons. The quantitative estimate of drug-likeness (QED) is 0.607. The lowest BCUT2D eigenvalue weighted by molar-refractivity contribution is -0.384. The fraction of sp³-hybridized carbons (Fsp3) is 0.538. The van der Waals surface area contributed by atoms with Gasteiger partial charge in [0, 0.05) is 38.9 Å². The Morgan fingerprint density at radius 3 is 2.44 bits per heavy atom. The molecule has 0 aromatic heterocycles. The maximum atomic E-state index is 10.6. The molecule has 1 aliphatic heterocycles. The highest BCUT2D eigenvalue weighted by Gasteiger charge is 2.18. The van der Waals surface area contributed by atoms with Gasteiger partial charge in [-0.3, -0.25) is 15.0 Å². The molecule has 1 aromatic carbocycles. The van der Waals surface area contributed by atoms with Crippen molar-refractivity contribution < 1.29 is 9.66 Å². The molecule has 0 saturated carbocycles. The first-order valence-electron chi connectivity index (χ1n) is 6.17. The van der Waals surface area contributed by atoms with Gasteiger partial charge in [0.25, 0.3) is 5.69 Å². The van der Waals surface area contributed by atoms with Crippen molar-refractivity contribution in [3.8, 4) is 0 Å². The van der Waals surface area contributed by atoms with E-state index in [4.69, 9.17) is 4.74 Å². The second kappa shape index (κ2) is 5.93. The number of hydrogen-bond acceptors (Lipinski definition) is 4. The Kier molecular flexibility index (Phi) is 4.28. The number of benzene rings is 1. The zero-order valence-electron chi connectivity index (χ0n) is 10.5. The van der Waals surface area contributed by atoms with Crippen molar-refractivity contribution in [2.24, 2.45) is 0 Å². The van der Waals surface area contributed by atoms with Crippen LogP contribution in [0.3, 0.4) is 0 Å². The van der Waals surface area contributed by atoms with Gasteiger partial charge >= 0.3 is 0 Å². The summed E-state index contributed by atoms with van der Waals surface area (Å²) in [6.45, 7) is 2.90. The number of nitro groups is 1. The largest absolute Gasteiger partial charge is 0.381 e. The van der Waals surface area contributed by atoms with E-state index in [1.807, 2.05) is 12.1 Å². The van der Waals surface area contributed by atoms with Crippen LogP contribution in [-0.4, -0.2) is 36.1 Å². The number of non-ortho nitro benzene ring substituents is 1. The van der Waals surface area contributed by atoms with E-state index in [1.165, 1.54) is 0 Å². The number of piperidine rings is 1. The Labute approximate surface area is 107 Å². The Morgan fingerprint density at radius 2 is 1.94 bits per heavy atom. The normalized spacial score (nSPS) is 17.8. The lowest BCUT2D eigenvalue weighted by atomic mass is 10.1. The number of nitrogens with zero attached hydrogens (tertiary/aromatic N) is 2. The third-order valence-corrected chi connectivity index (χ3v) is 3.42. The van der Waals surface area contributed by atoms with Gasteiger partial charge in [-0.1, -0.05) is 12.1 Å². The summed E-state index contributed by atoms with van der Waals surface area (Å²) in [5, 5.41) is 10.6. The molecule has 0 unspecified atom stereocenters. The summed E-state index contributed by atoms with van der Waals surface area (Å²) in [5.41, 5.74) is 1.27. The lowest BCUT2D eigenvalue weighted by Crippen LogP contribution is -2.36. The standard InChI is InChI=1S/C13H18N2O3/c1-18-13-6-8-14(9-7-13)10-11-2-4-12(5-3-11)15(16)17/h2-5,13H,6-10H2,1H3. The zero-order chi connectivity index (χ0) is 13.0. The second-order valence-electron chi connectivity index (χ2n) is 4.63. The summed E-state index contributed by atoms with van der Waals surface area (Å²) in [5.74, 6) is 0. The van der Waals surface area contributed by atoms with Crippen molar-refractivity contribution in [1.29, 1.82) is 0 Å². The third kappa shape index (κ3) is 3.27. The van der Waals surface area contributed by atoms with E-state index >= 15 is 0 Å². The fourth-order valence-corrected chi connectivity index (χ4v) is 2.28. The van der Waals surface area contributed by atoms with Gasteiger partial charge < -0.3 is 4.74 Å². The van der Waals surface area contributed by atoms with E-state index in [0.29, 0.717) is 6.10 Å². The first-order valence-corrected chi connectivity index (χ1v) is 6.17. The molecule has 0 N–H and O–H groups in total. The summed E-state index contributed by atoms with van der Waals surface area (Å²) in [6.07, 6.45) is 2.51. The predicted molar refractivity (Wildman–Crippen MR) is 68.4 cm³/mol. The number of hydrogen-bond donors (Lipinski definition) is 0. The molecule has 18 heavy (non-hydrogen) atoms. The molecule has 2 rings (SSSR count). The van der Waals surface area contributed by atoms with Gasteiger partial charge in [0.15, 0.2) is 0 Å². The minimum Gasteiger partial charge on any atom is -0.381 e. The van der Waals surface area contributed by atoms with Crippen molar-refractivity contribution >= 4 is 5.69 Å². The maximum absolute atomic E-state index is 10.6. The Balaban J connectivity index is 1.88. The van der Waals surface area contributed by atoms with E-state index in [9.17, 15) is 10.1 Å². The maximum Gasteiger partial charge on any atom is 0.269 e. The smallest absolute Gasteiger partial charge is 0.269 e. The van der Waals surface area contributed by atoms with Crippen LogP contribution in [0.5, 0.6) is 0 Å².